The van der Waals surface area contributed by atoms with Crippen molar-refractivity contribution >= 4 is 11.7 Å². The van der Waals surface area contributed by atoms with Crippen LogP contribution in [0.3, 0.4) is 0 Å². The third-order valence-electron chi connectivity index (χ3n) is 2.99. The van der Waals surface area contributed by atoms with Gasteiger partial charge in [-0.15, -0.1) is 0 Å². The van der Waals surface area contributed by atoms with Crippen molar-refractivity contribution in [3.63, 3.8) is 0 Å². The van der Waals surface area contributed by atoms with E-state index in [1.165, 1.54) is 4.90 Å². The summed E-state index contributed by atoms with van der Waals surface area (Å²) in [6.07, 6.45) is 0. The predicted molar refractivity (Wildman–Crippen MR) is 68.3 cm³/mol. The first-order chi connectivity index (χ1) is 7.93. The molecule has 0 saturated carbocycles. The number of nitrogens with zero attached hydrogens (tertiary/aromatic N) is 1. The summed E-state index contributed by atoms with van der Waals surface area (Å²) in [5.74, 6) is 5.96. The van der Waals surface area contributed by atoms with Gasteiger partial charge in [0.15, 0.2) is 0 Å². The van der Waals surface area contributed by atoms with Gasteiger partial charge in [0.1, 0.15) is 5.75 Å². The first kappa shape index (κ1) is 13.3. The fourth-order valence-corrected chi connectivity index (χ4v) is 1.96. The van der Waals surface area contributed by atoms with Crippen molar-refractivity contribution in [3.8, 4) is 5.75 Å². The van der Waals surface area contributed by atoms with E-state index >= 15 is 0 Å². The van der Waals surface area contributed by atoms with E-state index in [9.17, 15) is 4.79 Å². The van der Waals surface area contributed by atoms with Gasteiger partial charge < -0.3 is 4.74 Å². The quantitative estimate of drug-likeness (QED) is 0.467. The molecule has 0 fully saturated rings. The van der Waals surface area contributed by atoms with E-state index in [0.29, 0.717) is 0 Å². The van der Waals surface area contributed by atoms with E-state index < -0.39 is 0 Å². The van der Waals surface area contributed by atoms with Gasteiger partial charge >= 0.3 is 6.03 Å². The number of amides is 2. The molecule has 0 unspecified atom stereocenters. The lowest BCUT2D eigenvalue weighted by Crippen LogP contribution is -2.41. The number of benzene rings is 1. The molecule has 0 spiro atoms. The lowest BCUT2D eigenvalue weighted by Gasteiger charge is -2.23. The smallest absolute Gasteiger partial charge is 0.335 e. The van der Waals surface area contributed by atoms with Gasteiger partial charge in [0.05, 0.1) is 12.8 Å². The summed E-state index contributed by atoms with van der Waals surface area (Å²) in [5, 5.41) is 0. The molecule has 94 valence electrons. The molecule has 0 atom stereocenters. The Kier molecular flexibility index (Phi) is 3.96. The maximum Gasteiger partial charge on any atom is 0.335 e. The maximum atomic E-state index is 11.5. The Balaban J connectivity index is 3.35. The van der Waals surface area contributed by atoms with Gasteiger partial charge in [-0.05, 0) is 43.5 Å². The number of urea groups is 1. The highest BCUT2D eigenvalue weighted by molar-refractivity contribution is 5.93. The number of anilines is 1. The number of carbonyl (C=O) groups is 1. The monoisotopic (exact) mass is 237 g/mol. The number of ether oxygens (including phenoxy) is 1. The van der Waals surface area contributed by atoms with Crippen molar-refractivity contribution < 1.29 is 9.53 Å². The second-order valence-corrected chi connectivity index (χ2v) is 4.00. The van der Waals surface area contributed by atoms with E-state index in [0.717, 1.165) is 28.1 Å². The molecular weight excluding hydrogens is 218 g/mol. The van der Waals surface area contributed by atoms with Gasteiger partial charge in [-0.2, -0.15) is 0 Å². The Morgan fingerprint density at radius 2 is 1.94 bits per heavy atom. The minimum absolute atomic E-state index is 0.347. The highest BCUT2D eigenvalue weighted by atomic mass is 16.5. The number of carbonyl (C=O) groups excluding carboxylic acids is 1. The number of hydrogen-bond donors (Lipinski definition) is 2. The SMILES string of the molecule is COc1cc(C)c(N(C)C(=O)NN)c(C)c1C. The third-order valence-corrected chi connectivity index (χ3v) is 2.99. The molecule has 0 heterocycles. The number of hydrogen-bond acceptors (Lipinski definition) is 3. The minimum Gasteiger partial charge on any atom is -0.496 e. The number of rotatable bonds is 2. The Bertz CT molecular complexity index is 444. The molecule has 1 rings (SSSR count). The summed E-state index contributed by atoms with van der Waals surface area (Å²) >= 11 is 0. The summed E-state index contributed by atoms with van der Waals surface area (Å²) in [4.78, 5) is 13.0. The first-order valence-electron chi connectivity index (χ1n) is 5.33. The molecule has 0 saturated heterocycles. The molecule has 17 heavy (non-hydrogen) atoms. The van der Waals surface area contributed by atoms with Crippen molar-refractivity contribution in [2.24, 2.45) is 5.84 Å². The molecule has 1 aromatic carbocycles. The van der Waals surface area contributed by atoms with E-state index in [1.807, 2.05) is 26.8 Å². The summed E-state index contributed by atoms with van der Waals surface area (Å²) in [6.45, 7) is 5.86. The molecule has 5 heteroatoms. The molecule has 0 aromatic heterocycles. The molecule has 1 aromatic rings. The maximum absolute atomic E-state index is 11.5. The van der Waals surface area contributed by atoms with Gasteiger partial charge in [-0.3, -0.25) is 10.3 Å². The van der Waals surface area contributed by atoms with Gasteiger partial charge in [0.2, 0.25) is 0 Å². The van der Waals surface area contributed by atoms with Crippen LogP contribution < -0.4 is 20.9 Å². The van der Waals surface area contributed by atoms with E-state index in [4.69, 9.17) is 10.6 Å². The number of nitrogens with one attached hydrogen (secondary N) is 1. The molecular formula is C12H19N3O2. The summed E-state index contributed by atoms with van der Waals surface area (Å²) < 4.78 is 5.28. The lowest BCUT2D eigenvalue weighted by atomic mass is 10.0. The molecule has 0 aliphatic rings. The summed E-state index contributed by atoms with van der Waals surface area (Å²) in [6, 6.07) is 1.57. The zero-order chi connectivity index (χ0) is 13.2. The Morgan fingerprint density at radius 3 is 2.41 bits per heavy atom. The fourth-order valence-electron chi connectivity index (χ4n) is 1.96. The largest absolute Gasteiger partial charge is 0.496 e. The first-order valence-corrected chi connectivity index (χ1v) is 5.33. The molecule has 2 amide bonds. The van der Waals surface area contributed by atoms with Crippen LogP contribution in [-0.4, -0.2) is 20.2 Å². The highest BCUT2D eigenvalue weighted by Gasteiger charge is 2.17. The van der Waals surface area contributed by atoms with Crippen LogP contribution >= 0.6 is 0 Å². The molecule has 0 aliphatic heterocycles. The van der Waals surface area contributed by atoms with Crippen molar-refractivity contribution in [1.82, 2.24) is 5.43 Å². The van der Waals surface area contributed by atoms with Crippen molar-refractivity contribution in [2.45, 2.75) is 20.8 Å². The van der Waals surface area contributed by atoms with Crippen LogP contribution in [0.25, 0.3) is 0 Å². The van der Waals surface area contributed by atoms with Gasteiger partial charge in [0, 0.05) is 7.05 Å². The summed E-state index contributed by atoms with van der Waals surface area (Å²) in [7, 11) is 3.32. The Labute approximate surface area is 102 Å². The molecule has 0 radical (unpaired) electrons. The van der Waals surface area contributed by atoms with Crippen LogP contribution in [-0.2, 0) is 0 Å². The predicted octanol–water partition coefficient (Wildman–Crippen LogP) is 1.64. The zero-order valence-corrected chi connectivity index (χ0v) is 10.9. The minimum atomic E-state index is -0.347. The van der Waals surface area contributed by atoms with Crippen molar-refractivity contribution in [3.05, 3.63) is 22.8 Å². The van der Waals surface area contributed by atoms with Crippen molar-refractivity contribution in [1.29, 1.82) is 0 Å². The Hall–Kier alpha value is -1.75. The fraction of sp³-hybridized carbons (Fsp3) is 0.417. The van der Waals surface area contributed by atoms with Gasteiger partial charge in [0.25, 0.3) is 0 Å². The van der Waals surface area contributed by atoms with Crippen LogP contribution in [0, 0.1) is 20.8 Å². The topological polar surface area (TPSA) is 67.6 Å². The Morgan fingerprint density at radius 1 is 1.35 bits per heavy atom. The van der Waals surface area contributed by atoms with Gasteiger partial charge in [-0.25, -0.2) is 10.6 Å². The summed E-state index contributed by atoms with van der Waals surface area (Å²) in [5.41, 5.74) is 5.97. The average Bonchev–Trinajstić information content (AvgIpc) is 2.32. The van der Waals surface area contributed by atoms with E-state index in [2.05, 4.69) is 5.43 Å². The van der Waals surface area contributed by atoms with Crippen molar-refractivity contribution in [2.75, 3.05) is 19.1 Å². The second kappa shape index (κ2) is 5.05. The van der Waals surface area contributed by atoms with E-state index in [-0.39, 0.29) is 6.03 Å². The zero-order valence-electron chi connectivity index (χ0n) is 10.9. The molecule has 3 N–H and O–H groups in total. The normalized spacial score (nSPS) is 10.0. The molecule has 0 bridgehead atoms. The average molecular weight is 237 g/mol. The number of nitrogens with two attached hydrogens (primary N) is 1. The molecule has 0 aliphatic carbocycles. The van der Waals surface area contributed by atoms with Crippen LogP contribution in [0.2, 0.25) is 0 Å². The van der Waals surface area contributed by atoms with Crippen LogP contribution in [0.4, 0.5) is 10.5 Å². The number of methoxy groups -OCH3 is 1. The van der Waals surface area contributed by atoms with Crippen LogP contribution in [0.15, 0.2) is 6.07 Å². The number of aryl methyl sites for hydroxylation is 1. The van der Waals surface area contributed by atoms with Gasteiger partial charge in [-0.1, -0.05) is 0 Å². The standard InChI is InChI=1S/C12H19N3O2/c1-7-6-10(17-5)8(2)9(3)11(7)15(4)12(16)14-13/h6H,13H2,1-5H3,(H,14,16). The highest BCUT2D eigenvalue weighted by Crippen LogP contribution is 2.33. The molecule has 5 nitrogen and oxygen atoms in total. The van der Waals surface area contributed by atoms with Crippen LogP contribution in [0.1, 0.15) is 16.7 Å². The number of hydrazine groups is 1. The third kappa shape index (κ3) is 2.34. The van der Waals surface area contributed by atoms with Crippen LogP contribution in [0.5, 0.6) is 5.75 Å². The second-order valence-electron chi connectivity index (χ2n) is 4.00. The van der Waals surface area contributed by atoms with E-state index in [1.54, 1.807) is 14.2 Å². The lowest BCUT2D eigenvalue weighted by molar-refractivity contribution is 0.247.